The van der Waals surface area contributed by atoms with Gasteiger partial charge in [-0.3, -0.25) is 9.79 Å². The summed E-state index contributed by atoms with van der Waals surface area (Å²) in [6, 6.07) is 5.02. The number of hydrogen-bond acceptors (Lipinski definition) is 9. The first-order chi connectivity index (χ1) is 18.9. The molecule has 40 heavy (non-hydrogen) atoms. The second-order valence-electron chi connectivity index (χ2n) is 11.5. The minimum atomic E-state index is -4.26. The zero-order chi connectivity index (χ0) is 29.1. The molecule has 1 saturated carbocycles. The number of aliphatic imine (C=N–C) groups is 1. The molecule has 0 unspecified atom stereocenters. The number of nitrogens with one attached hydrogen (secondary N) is 1. The van der Waals surface area contributed by atoms with Gasteiger partial charge in [0.25, 0.3) is 15.9 Å². The molecule has 4 rings (SSSR count). The minimum Gasteiger partial charge on any atom is -0.477 e. The topological polar surface area (TPSA) is 145 Å². The van der Waals surface area contributed by atoms with Crippen molar-refractivity contribution in [3.8, 4) is 11.7 Å². The Morgan fingerprint density at radius 2 is 2.00 bits per heavy atom. The molecule has 2 aromatic heterocycles. The van der Waals surface area contributed by atoms with Gasteiger partial charge in [-0.15, -0.1) is 5.10 Å². The highest BCUT2D eigenvalue weighted by molar-refractivity contribution is 7.94. The molecule has 1 aliphatic heterocycles. The van der Waals surface area contributed by atoms with Gasteiger partial charge in [0.15, 0.2) is 5.82 Å². The number of amides is 1. The van der Waals surface area contributed by atoms with E-state index in [9.17, 15) is 13.2 Å². The van der Waals surface area contributed by atoms with Crippen molar-refractivity contribution in [1.82, 2.24) is 19.5 Å². The summed E-state index contributed by atoms with van der Waals surface area (Å²) in [5.41, 5.74) is 5.63. The van der Waals surface area contributed by atoms with E-state index in [0.29, 0.717) is 36.6 Å². The van der Waals surface area contributed by atoms with Gasteiger partial charge < -0.3 is 15.4 Å². The van der Waals surface area contributed by atoms with E-state index >= 15 is 0 Å². The van der Waals surface area contributed by atoms with Crippen LogP contribution in [0.2, 0.25) is 0 Å². The Kier molecular flexibility index (Phi) is 8.86. The van der Waals surface area contributed by atoms with Gasteiger partial charge in [-0.2, -0.15) is 0 Å². The van der Waals surface area contributed by atoms with Crippen molar-refractivity contribution in [3.05, 3.63) is 40.6 Å². The Hall–Kier alpha value is -3.41. The molecular formula is C28H41N7O4S. The molecule has 2 aromatic rings. The molecule has 1 aliphatic carbocycles. The Morgan fingerprint density at radius 1 is 1.27 bits per heavy atom. The van der Waals surface area contributed by atoms with E-state index in [2.05, 4.69) is 40.5 Å². The molecular weight excluding hydrogens is 530 g/mol. The maximum atomic E-state index is 13.4. The predicted molar refractivity (Wildman–Crippen MR) is 156 cm³/mol. The highest BCUT2D eigenvalue weighted by Crippen LogP contribution is 2.38. The third-order valence-corrected chi connectivity index (χ3v) is 9.10. The van der Waals surface area contributed by atoms with Crippen LogP contribution in [0.4, 0.5) is 5.82 Å². The molecule has 11 nitrogen and oxygen atoms in total. The fourth-order valence-electron chi connectivity index (χ4n) is 5.78. The number of sulfonamides is 1. The van der Waals surface area contributed by atoms with Crippen LogP contribution in [0.3, 0.4) is 0 Å². The van der Waals surface area contributed by atoms with E-state index in [1.54, 1.807) is 29.1 Å². The van der Waals surface area contributed by atoms with Gasteiger partial charge in [-0.25, -0.2) is 22.8 Å². The number of ether oxygens (including phenoxy) is 1. The van der Waals surface area contributed by atoms with Gasteiger partial charge in [-0.1, -0.05) is 32.6 Å². The first kappa shape index (κ1) is 29.6. The summed E-state index contributed by atoms with van der Waals surface area (Å²) in [6.07, 6.45) is 9.95. The lowest BCUT2D eigenvalue weighted by atomic mass is 9.97. The number of rotatable bonds is 10. The molecule has 0 aromatic carbocycles. The summed E-state index contributed by atoms with van der Waals surface area (Å²) in [6.45, 7) is 9.04. The summed E-state index contributed by atoms with van der Waals surface area (Å²) in [7, 11) is -2.83. The van der Waals surface area contributed by atoms with Gasteiger partial charge in [-0.05, 0) is 57.6 Å². The fraction of sp³-hybridized carbons (Fsp3) is 0.571. The number of carbonyl (C=O) groups is 1. The molecule has 12 heteroatoms. The van der Waals surface area contributed by atoms with Gasteiger partial charge >= 0.3 is 0 Å². The zero-order valence-electron chi connectivity index (χ0n) is 24.1. The summed E-state index contributed by atoms with van der Waals surface area (Å²) in [5.74, 6) is 1.68. The lowest BCUT2D eigenvalue weighted by Gasteiger charge is -2.34. The van der Waals surface area contributed by atoms with Crippen LogP contribution in [0.1, 0.15) is 76.6 Å². The van der Waals surface area contributed by atoms with Crippen LogP contribution < -0.4 is 20.1 Å². The molecule has 3 heterocycles. The summed E-state index contributed by atoms with van der Waals surface area (Å²) >= 11 is 0. The largest absolute Gasteiger partial charge is 0.477 e. The van der Waals surface area contributed by atoms with Crippen molar-refractivity contribution in [2.75, 3.05) is 25.1 Å². The highest BCUT2D eigenvalue weighted by Gasteiger charge is 2.39. The fourth-order valence-corrected chi connectivity index (χ4v) is 6.91. The molecule has 2 aliphatic rings. The van der Waals surface area contributed by atoms with Gasteiger partial charge in [0.05, 0.1) is 12.2 Å². The maximum absolute atomic E-state index is 13.4. The summed E-state index contributed by atoms with van der Waals surface area (Å²) in [5, 5.41) is 4.54. The second-order valence-corrected chi connectivity index (χ2v) is 13.2. The summed E-state index contributed by atoms with van der Waals surface area (Å²) in [4.78, 5) is 23.8. The number of hydrogen-bond donors (Lipinski definition) is 2. The molecule has 1 amide bonds. The number of anilines is 1. The van der Waals surface area contributed by atoms with E-state index < -0.39 is 15.9 Å². The minimum absolute atomic E-state index is 0.0223. The Bertz CT molecular complexity index is 1390. The van der Waals surface area contributed by atoms with Crippen LogP contribution in [0.25, 0.3) is 5.82 Å². The smallest absolute Gasteiger partial charge is 0.268 e. The lowest BCUT2D eigenvalue weighted by molar-refractivity contribution is 0.0982. The molecule has 2 fully saturated rings. The standard InChI is InChI=1S/C28H41N7O4S/c1-19-16-28(3,4)34(18-19)26-22(27(36)33-40(37,38)23(17-30-5)20(2)29)10-11-24(31-26)35-14-12-25(32-35)39-15-13-21-8-6-7-9-21/h10-12,14,17,19,21H,6-9,13,15-16,18,29H2,1-5H3,(H,33,36)/t19-/m0/s1. The van der Waals surface area contributed by atoms with Gasteiger partial charge in [0.1, 0.15) is 10.7 Å². The highest BCUT2D eigenvalue weighted by atomic mass is 32.2. The first-order valence-corrected chi connectivity index (χ1v) is 15.3. The predicted octanol–water partition coefficient (Wildman–Crippen LogP) is 3.80. The van der Waals surface area contributed by atoms with Crippen LogP contribution >= 0.6 is 0 Å². The first-order valence-electron chi connectivity index (χ1n) is 13.8. The van der Waals surface area contributed by atoms with E-state index in [1.807, 2.05) is 0 Å². The number of nitrogens with two attached hydrogens (primary N) is 1. The third-order valence-electron chi connectivity index (χ3n) is 7.64. The molecule has 0 radical (unpaired) electrons. The Labute approximate surface area is 236 Å². The summed E-state index contributed by atoms with van der Waals surface area (Å²) < 4.78 is 35.6. The number of carbonyl (C=O) groups excluding carboxylic acids is 1. The van der Waals surface area contributed by atoms with E-state index in [-0.39, 0.29) is 21.7 Å². The molecule has 3 N–H and O–H groups in total. The van der Waals surface area contributed by atoms with Crippen molar-refractivity contribution >= 4 is 28.0 Å². The monoisotopic (exact) mass is 571 g/mol. The van der Waals surface area contributed by atoms with Crippen molar-refractivity contribution in [2.45, 2.75) is 71.8 Å². The number of aromatic nitrogens is 3. The molecule has 0 spiro atoms. The van der Waals surface area contributed by atoms with Crippen LogP contribution in [-0.4, -0.2) is 61.0 Å². The normalized spacial score (nSPS) is 20.2. The van der Waals surface area contributed by atoms with E-state index in [0.717, 1.165) is 25.0 Å². The van der Waals surface area contributed by atoms with Crippen LogP contribution in [0.15, 0.2) is 40.0 Å². The number of allylic oxidation sites excluding steroid dienone is 2. The lowest BCUT2D eigenvalue weighted by Crippen LogP contribution is -2.41. The van der Waals surface area contributed by atoms with E-state index in [1.165, 1.54) is 39.7 Å². The molecule has 1 saturated heterocycles. The van der Waals surface area contributed by atoms with Crippen LogP contribution in [-0.2, 0) is 10.0 Å². The van der Waals surface area contributed by atoms with Crippen molar-refractivity contribution in [2.24, 2.45) is 22.6 Å². The second kappa shape index (κ2) is 12.0. The van der Waals surface area contributed by atoms with Gasteiger partial charge in [0, 0.05) is 43.3 Å². The SMILES string of the molecule is CN=CC(=C(C)N)S(=O)(=O)NC(=O)c1ccc(-n2ccc(OCCC3CCCC3)n2)nc1N1C[C@@H](C)CC1(C)C. The van der Waals surface area contributed by atoms with Crippen molar-refractivity contribution in [1.29, 1.82) is 0 Å². The third kappa shape index (κ3) is 6.65. The maximum Gasteiger partial charge on any atom is 0.268 e. The molecule has 1 atom stereocenters. The van der Waals surface area contributed by atoms with Crippen molar-refractivity contribution in [3.63, 3.8) is 0 Å². The number of nitrogens with zero attached hydrogens (tertiary/aromatic N) is 5. The Morgan fingerprint density at radius 3 is 2.62 bits per heavy atom. The van der Waals surface area contributed by atoms with Gasteiger partial charge in [0.2, 0.25) is 5.88 Å². The quantitative estimate of drug-likeness (QED) is 0.410. The Balaban J connectivity index is 1.63. The molecule has 218 valence electrons. The molecule has 0 bridgehead atoms. The average molecular weight is 572 g/mol. The van der Waals surface area contributed by atoms with Crippen molar-refractivity contribution < 1.29 is 17.9 Å². The zero-order valence-corrected chi connectivity index (χ0v) is 24.9. The van der Waals surface area contributed by atoms with Crippen LogP contribution in [0.5, 0.6) is 5.88 Å². The average Bonchev–Trinajstić information content (AvgIpc) is 3.62. The van der Waals surface area contributed by atoms with Crippen LogP contribution in [0, 0.1) is 11.8 Å². The number of pyridine rings is 1. The van der Waals surface area contributed by atoms with E-state index in [4.69, 9.17) is 15.5 Å².